The number of thioether (sulfide) groups is 1. The zero-order valence-electron chi connectivity index (χ0n) is 17.7. The van der Waals surface area contributed by atoms with Gasteiger partial charge in [-0.15, -0.1) is 11.8 Å². The fraction of sp³-hybridized carbons (Fsp3) is 0.417. The second-order valence-corrected chi connectivity index (χ2v) is 9.36. The second-order valence-electron chi connectivity index (χ2n) is 7.94. The van der Waals surface area contributed by atoms with E-state index < -0.39 is 6.04 Å². The Morgan fingerprint density at radius 2 is 1.87 bits per heavy atom. The van der Waals surface area contributed by atoms with Crippen molar-refractivity contribution in [1.82, 2.24) is 10.2 Å². The summed E-state index contributed by atoms with van der Waals surface area (Å²) in [7, 11) is 0. The van der Waals surface area contributed by atoms with E-state index >= 15 is 0 Å². The fourth-order valence-electron chi connectivity index (χ4n) is 3.73. The molecule has 1 saturated carbocycles. The first-order valence-electron chi connectivity index (χ1n) is 10.6. The number of carbonyl (C=O) groups is 2. The topological polar surface area (TPSA) is 49.4 Å². The van der Waals surface area contributed by atoms with Crippen molar-refractivity contribution in [3.8, 4) is 0 Å². The Kier molecular flexibility index (Phi) is 8.79. The third-order valence-corrected chi connectivity index (χ3v) is 6.74. The van der Waals surface area contributed by atoms with Gasteiger partial charge in [0.05, 0.1) is 5.75 Å². The van der Waals surface area contributed by atoms with E-state index in [1.54, 1.807) is 30.0 Å². The highest BCUT2D eigenvalue weighted by molar-refractivity contribution is 7.99. The highest BCUT2D eigenvalue weighted by atomic mass is 35.5. The van der Waals surface area contributed by atoms with E-state index in [2.05, 4.69) is 5.32 Å². The zero-order chi connectivity index (χ0) is 22.2. The Balaban J connectivity index is 1.65. The summed E-state index contributed by atoms with van der Waals surface area (Å²) in [5.41, 5.74) is 1.83. The van der Waals surface area contributed by atoms with E-state index in [-0.39, 0.29) is 29.4 Å². The van der Waals surface area contributed by atoms with E-state index in [1.165, 1.54) is 23.9 Å². The summed E-state index contributed by atoms with van der Waals surface area (Å²) in [6, 6.07) is 13.2. The summed E-state index contributed by atoms with van der Waals surface area (Å²) >= 11 is 7.57. The summed E-state index contributed by atoms with van der Waals surface area (Å²) in [4.78, 5) is 27.6. The number of nitrogens with zero attached hydrogens (tertiary/aromatic N) is 1. The minimum absolute atomic E-state index is 0.110. The molecule has 0 bridgehead atoms. The normalized spacial score (nSPS) is 14.9. The van der Waals surface area contributed by atoms with Gasteiger partial charge in [0, 0.05) is 23.4 Å². The van der Waals surface area contributed by atoms with Crippen molar-refractivity contribution < 1.29 is 14.0 Å². The predicted octanol–water partition coefficient (Wildman–Crippen LogP) is 5.19. The molecule has 0 aromatic heterocycles. The molecule has 1 fully saturated rings. The first kappa shape index (κ1) is 23.6. The van der Waals surface area contributed by atoms with Crippen LogP contribution < -0.4 is 5.32 Å². The van der Waals surface area contributed by atoms with E-state index in [0.29, 0.717) is 17.3 Å². The number of hydrogen-bond donors (Lipinski definition) is 1. The van der Waals surface area contributed by atoms with Gasteiger partial charge < -0.3 is 10.2 Å². The molecule has 1 atom stereocenters. The molecule has 3 rings (SSSR count). The largest absolute Gasteiger partial charge is 0.352 e. The molecule has 0 saturated heterocycles. The highest BCUT2D eigenvalue weighted by Crippen LogP contribution is 2.20. The van der Waals surface area contributed by atoms with E-state index in [1.807, 2.05) is 18.2 Å². The molecule has 1 aliphatic rings. The second kappa shape index (κ2) is 11.5. The van der Waals surface area contributed by atoms with Gasteiger partial charge >= 0.3 is 0 Å². The van der Waals surface area contributed by atoms with Crippen LogP contribution in [0.4, 0.5) is 4.39 Å². The van der Waals surface area contributed by atoms with Gasteiger partial charge in [0.15, 0.2) is 0 Å². The van der Waals surface area contributed by atoms with Crippen LogP contribution in [0.15, 0.2) is 48.5 Å². The van der Waals surface area contributed by atoms with Gasteiger partial charge in [-0.05, 0) is 55.2 Å². The summed E-state index contributed by atoms with van der Waals surface area (Å²) in [6.45, 7) is 2.09. The minimum atomic E-state index is -0.585. The molecule has 0 heterocycles. The molecule has 2 aromatic carbocycles. The number of benzene rings is 2. The van der Waals surface area contributed by atoms with Crippen LogP contribution in [0.5, 0.6) is 0 Å². The SMILES string of the molecule is CC(C(=O)NC1CCCC1)N(Cc1cccc(Cl)c1)C(=O)CSCc1ccc(F)cc1. The molecule has 166 valence electrons. The quantitative estimate of drug-likeness (QED) is 0.558. The molecular weight excluding hydrogens is 435 g/mol. The lowest BCUT2D eigenvalue weighted by Gasteiger charge is -2.29. The third-order valence-electron chi connectivity index (χ3n) is 5.52. The highest BCUT2D eigenvalue weighted by Gasteiger charge is 2.28. The molecule has 0 spiro atoms. The minimum Gasteiger partial charge on any atom is -0.352 e. The van der Waals surface area contributed by atoms with Crippen LogP contribution in [-0.2, 0) is 21.9 Å². The molecule has 0 aliphatic heterocycles. The summed E-state index contributed by atoms with van der Waals surface area (Å²) in [5, 5.41) is 3.69. The van der Waals surface area contributed by atoms with E-state index in [4.69, 9.17) is 11.6 Å². The Morgan fingerprint density at radius 1 is 1.16 bits per heavy atom. The van der Waals surface area contributed by atoms with Gasteiger partial charge in [-0.25, -0.2) is 4.39 Å². The van der Waals surface area contributed by atoms with Crippen molar-refractivity contribution in [3.63, 3.8) is 0 Å². The van der Waals surface area contributed by atoms with Gasteiger partial charge in [-0.2, -0.15) is 0 Å². The fourth-order valence-corrected chi connectivity index (χ4v) is 4.81. The maximum Gasteiger partial charge on any atom is 0.242 e. The summed E-state index contributed by atoms with van der Waals surface area (Å²) in [6.07, 6.45) is 4.25. The van der Waals surface area contributed by atoms with Crippen LogP contribution in [0.3, 0.4) is 0 Å². The number of halogens is 2. The average Bonchev–Trinajstić information content (AvgIpc) is 3.26. The predicted molar refractivity (Wildman–Crippen MR) is 124 cm³/mol. The standard InChI is InChI=1S/C24H28ClFN2O2S/c1-17(24(30)27-22-7-2-3-8-22)28(14-19-5-4-6-20(25)13-19)23(29)16-31-15-18-9-11-21(26)12-10-18/h4-6,9-13,17,22H,2-3,7-8,14-16H2,1H3,(H,27,30). The van der Waals surface area contributed by atoms with Crippen molar-refractivity contribution >= 4 is 35.2 Å². The maximum atomic E-state index is 13.1. The molecule has 0 radical (unpaired) electrons. The van der Waals surface area contributed by atoms with Crippen molar-refractivity contribution in [3.05, 3.63) is 70.5 Å². The average molecular weight is 463 g/mol. The van der Waals surface area contributed by atoms with Crippen LogP contribution in [0.1, 0.15) is 43.7 Å². The maximum absolute atomic E-state index is 13.1. The molecule has 2 aromatic rings. The molecule has 1 unspecified atom stereocenters. The van der Waals surface area contributed by atoms with Gasteiger partial charge in [0.1, 0.15) is 11.9 Å². The van der Waals surface area contributed by atoms with Gasteiger partial charge in [0.2, 0.25) is 11.8 Å². The van der Waals surface area contributed by atoms with Gasteiger partial charge in [-0.1, -0.05) is 48.7 Å². The lowest BCUT2D eigenvalue weighted by Crippen LogP contribution is -2.50. The Morgan fingerprint density at radius 3 is 2.55 bits per heavy atom. The Bertz CT molecular complexity index is 887. The first-order chi connectivity index (χ1) is 14.9. The number of nitrogens with one attached hydrogen (secondary N) is 1. The lowest BCUT2D eigenvalue weighted by atomic mass is 10.1. The molecule has 4 nitrogen and oxygen atoms in total. The third kappa shape index (κ3) is 7.25. The zero-order valence-corrected chi connectivity index (χ0v) is 19.2. The molecular formula is C24H28ClFN2O2S. The molecule has 2 amide bonds. The summed E-state index contributed by atoms with van der Waals surface area (Å²) in [5.74, 6) is 0.324. The molecule has 7 heteroatoms. The van der Waals surface area contributed by atoms with Crippen LogP contribution in [0, 0.1) is 5.82 Å². The molecule has 31 heavy (non-hydrogen) atoms. The van der Waals surface area contributed by atoms with E-state index in [0.717, 1.165) is 36.8 Å². The number of hydrogen-bond acceptors (Lipinski definition) is 3. The number of carbonyl (C=O) groups excluding carboxylic acids is 2. The number of amides is 2. The van der Waals surface area contributed by atoms with Crippen molar-refractivity contribution in [1.29, 1.82) is 0 Å². The van der Waals surface area contributed by atoms with Gasteiger partial charge in [0.25, 0.3) is 0 Å². The summed E-state index contributed by atoms with van der Waals surface area (Å²) < 4.78 is 13.1. The van der Waals surface area contributed by atoms with Crippen LogP contribution >= 0.6 is 23.4 Å². The van der Waals surface area contributed by atoms with Crippen LogP contribution in [0.2, 0.25) is 5.02 Å². The molecule has 1 N–H and O–H groups in total. The number of rotatable bonds is 9. The van der Waals surface area contributed by atoms with Crippen LogP contribution in [-0.4, -0.2) is 34.6 Å². The lowest BCUT2D eigenvalue weighted by molar-refractivity contribution is -0.138. The Hall–Kier alpha value is -2.05. The van der Waals surface area contributed by atoms with Crippen molar-refractivity contribution in [2.45, 2.75) is 57.0 Å². The van der Waals surface area contributed by atoms with E-state index in [9.17, 15) is 14.0 Å². The smallest absolute Gasteiger partial charge is 0.242 e. The van der Waals surface area contributed by atoms with Crippen LogP contribution in [0.25, 0.3) is 0 Å². The molecule has 1 aliphatic carbocycles. The Labute approximate surface area is 192 Å². The van der Waals surface area contributed by atoms with Gasteiger partial charge in [-0.3, -0.25) is 9.59 Å². The monoisotopic (exact) mass is 462 g/mol. The van der Waals surface area contributed by atoms with Crippen molar-refractivity contribution in [2.24, 2.45) is 0 Å². The first-order valence-corrected chi connectivity index (χ1v) is 12.1. The van der Waals surface area contributed by atoms with Crippen molar-refractivity contribution in [2.75, 3.05) is 5.75 Å².